The van der Waals surface area contributed by atoms with Gasteiger partial charge in [0.05, 0.1) is 5.56 Å². The molecule has 0 unspecified atom stereocenters. The number of anilines is 2. The molecule has 0 aliphatic carbocycles. The number of carbonyl (C=O) groups is 1. The van der Waals surface area contributed by atoms with Crippen LogP contribution in [0.2, 0.25) is 0 Å². The summed E-state index contributed by atoms with van der Waals surface area (Å²) in [7, 11) is 0. The Balaban J connectivity index is 1.39. The van der Waals surface area contributed by atoms with Crippen LogP contribution >= 0.6 is 0 Å². The van der Waals surface area contributed by atoms with Crippen molar-refractivity contribution in [2.24, 2.45) is 0 Å². The molecule has 0 spiro atoms. The highest BCUT2D eigenvalue weighted by Gasteiger charge is 2.30. The normalized spacial score (nSPS) is 15.0. The van der Waals surface area contributed by atoms with Crippen LogP contribution in [0.4, 0.5) is 29.5 Å². The summed E-state index contributed by atoms with van der Waals surface area (Å²) in [5.74, 6) is 0.351. The molecule has 1 aromatic carbocycles. The van der Waals surface area contributed by atoms with Crippen molar-refractivity contribution in [2.75, 3.05) is 23.3 Å². The van der Waals surface area contributed by atoms with Gasteiger partial charge in [-0.3, -0.25) is 9.36 Å². The van der Waals surface area contributed by atoms with Crippen LogP contribution in [0, 0.1) is 0 Å². The number of nitrogens with one attached hydrogen (secondary N) is 2. The van der Waals surface area contributed by atoms with E-state index in [4.69, 9.17) is 0 Å². The summed E-state index contributed by atoms with van der Waals surface area (Å²) in [5, 5.41) is 5.25. The summed E-state index contributed by atoms with van der Waals surface area (Å²) in [6, 6.07) is 7.30. The topological polar surface area (TPSA) is 92.2 Å². The van der Waals surface area contributed by atoms with Crippen LogP contribution in [-0.4, -0.2) is 39.7 Å². The number of amides is 2. The monoisotopic (exact) mass is 460 g/mol. The Bertz CT molecular complexity index is 1220. The third-order valence-electron chi connectivity index (χ3n) is 5.58. The van der Waals surface area contributed by atoms with Gasteiger partial charge in [-0.05, 0) is 50.1 Å². The Morgan fingerprint density at radius 1 is 1.18 bits per heavy atom. The van der Waals surface area contributed by atoms with E-state index in [1.54, 1.807) is 16.8 Å². The lowest BCUT2D eigenvalue weighted by Gasteiger charge is -2.33. The molecule has 2 aromatic heterocycles. The zero-order chi connectivity index (χ0) is 23.6. The first kappa shape index (κ1) is 22.6. The second-order valence-electron chi connectivity index (χ2n) is 7.77. The number of hydrogen-bond donors (Lipinski definition) is 2. The maximum atomic E-state index is 12.9. The van der Waals surface area contributed by atoms with Crippen molar-refractivity contribution in [3.63, 3.8) is 0 Å². The third kappa shape index (κ3) is 4.91. The van der Waals surface area contributed by atoms with Crippen molar-refractivity contribution in [3.05, 3.63) is 58.5 Å². The standard InChI is InChI=1S/C22H23F3N6O2/c1-2-31-18-17(7-4-10-26-18)29-19(20(31)32)30-11-8-15(9-12-30)27-21(33)28-16-6-3-5-14(13-16)22(23,24)25/h3-7,10,13,15H,2,8-9,11-12H2,1H3,(H2,27,28,33). The fraction of sp³-hybridized carbons (Fsp3) is 0.364. The van der Waals surface area contributed by atoms with Gasteiger partial charge in [-0.2, -0.15) is 13.2 Å². The molecule has 1 aliphatic heterocycles. The summed E-state index contributed by atoms with van der Waals surface area (Å²) < 4.78 is 40.1. The molecule has 8 nitrogen and oxygen atoms in total. The van der Waals surface area contributed by atoms with Crippen LogP contribution in [-0.2, 0) is 12.7 Å². The summed E-state index contributed by atoms with van der Waals surface area (Å²) in [6.45, 7) is 3.35. The summed E-state index contributed by atoms with van der Waals surface area (Å²) >= 11 is 0. The average Bonchev–Trinajstić information content (AvgIpc) is 2.79. The summed E-state index contributed by atoms with van der Waals surface area (Å²) in [4.78, 5) is 35.9. The molecule has 2 N–H and O–H groups in total. The molecule has 3 heterocycles. The zero-order valence-corrected chi connectivity index (χ0v) is 17.9. The van der Waals surface area contributed by atoms with Crippen LogP contribution in [0.15, 0.2) is 47.4 Å². The van der Waals surface area contributed by atoms with Crippen molar-refractivity contribution in [2.45, 2.75) is 38.5 Å². The van der Waals surface area contributed by atoms with Gasteiger partial charge in [0.1, 0.15) is 5.52 Å². The maximum Gasteiger partial charge on any atom is 0.416 e. The maximum absolute atomic E-state index is 12.9. The van der Waals surface area contributed by atoms with E-state index >= 15 is 0 Å². The summed E-state index contributed by atoms with van der Waals surface area (Å²) in [6.07, 6.45) is -1.73. The number of benzene rings is 1. The lowest BCUT2D eigenvalue weighted by molar-refractivity contribution is -0.137. The van der Waals surface area contributed by atoms with E-state index in [0.29, 0.717) is 49.5 Å². The molecule has 1 aliphatic rings. The Labute approximate surface area is 187 Å². The molecular formula is C22H23F3N6O2. The number of aromatic nitrogens is 3. The van der Waals surface area contributed by atoms with Crippen molar-refractivity contribution < 1.29 is 18.0 Å². The lowest BCUT2D eigenvalue weighted by Crippen LogP contribution is -2.47. The van der Waals surface area contributed by atoms with E-state index in [2.05, 4.69) is 20.6 Å². The fourth-order valence-corrected chi connectivity index (χ4v) is 3.92. The number of nitrogens with zero attached hydrogens (tertiary/aromatic N) is 4. The van der Waals surface area contributed by atoms with Crippen LogP contribution in [0.3, 0.4) is 0 Å². The van der Waals surface area contributed by atoms with Gasteiger partial charge >= 0.3 is 12.2 Å². The largest absolute Gasteiger partial charge is 0.416 e. The number of hydrogen-bond acceptors (Lipinski definition) is 5. The van der Waals surface area contributed by atoms with Crippen molar-refractivity contribution in [3.8, 4) is 0 Å². The summed E-state index contributed by atoms with van der Waals surface area (Å²) in [5.41, 5.74) is 0.196. The quantitative estimate of drug-likeness (QED) is 0.621. The molecule has 0 bridgehead atoms. The Kier molecular flexibility index (Phi) is 6.21. The minimum atomic E-state index is -4.48. The molecule has 33 heavy (non-hydrogen) atoms. The number of halogens is 3. The van der Waals surface area contributed by atoms with Gasteiger partial charge < -0.3 is 15.5 Å². The second-order valence-corrected chi connectivity index (χ2v) is 7.77. The average molecular weight is 460 g/mol. The number of rotatable bonds is 4. The Morgan fingerprint density at radius 3 is 2.64 bits per heavy atom. The molecule has 0 atom stereocenters. The van der Waals surface area contributed by atoms with Gasteiger partial charge in [-0.15, -0.1) is 0 Å². The first-order valence-electron chi connectivity index (χ1n) is 10.6. The first-order chi connectivity index (χ1) is 15.8. The Morgan fingerprint density at radius 2 is 1.94 bits per heavy atom. The van der Waals surface area contributed by atoms with E-state index in [9.17, 15) is 22.8 Å². The van der Waals surface area contributed by atoms with Gasteiger partial charge in [0.25, 0.3) is 5.56 Å². The number of piperidine rings is 1. The van der Waals surface area contributed by atoms with Crippen LogP contribution in [0.25, 0.3) is 11.2 Å². The highest BCUT2D eigenvalue weighted by atomic mass is 19.4. The van der Waals surface area contributed by atoms with Crippen LogP contribution < -0.4 is 21.1 Å². The van der Waals surface area contributed by atoms with Gasteiger partial charge in [-0.1, -0.05) is 6.07 Å². The Hall–Kier alpha value is -3.63. The molecule has 3 aromatic rings. The van der Waals surface area contributed by atoms with E-state index in [1.165, 1.54) is 12.1 Å². The second kappa shape index (κ2) is 9.08. The number of pyridine rings is 1. The molecule has 174 valence electrons. The van der Waals surface area contributed by atoms with Crippen LogP contribution in [0.1, 0.15) is 25.3 Å². The minimum Gasteiger partial charge on any atom is -0.352 e. The molecule has 1 fully saturated rings. The predicted octanol–water partition coefficient (Wildman–Crippen LogP) is 3.62. The smallest absolute Gasteiger partial charge is 0.352 e. The molecule has 11 heteroatoms. The molecule has 0 radical (unpaired) electrons. The van der Waals surface area contributed by atoms with E-state index < -0.39 is 17.8 Å². The van der Waals surface area contributed by atoms with E-state index in [1.807, 2.05) is 17.9 Å². The zero-order valence-electron chi connectivity index (χ0n) is 17.9. The predicted molar refractivity (Wildman–Crippen MR) is 118 cm³/mol. The molecule has 4 rings (SSSR count). The molecular weight excluding hydrogens is 437 g/mol. The third-order valence-corrected chi connectivity index (χ3v) is 5.58. The highest BCUT2D eigenvalue weighted by molar-refractivity contribution is 5.89. The van der Waals surface area contributed by atoms with Gasteiger partial charge in [0, 0.05) is 37.6 Å². The van der Waals surface area contributed by atoms with Crippen LogP contribution in [0.5, 0.6) is 0 Å². The molecule has 0 saturated carbocycles. The van der Waals surface area contributed by atoms with Gasteiger partial charge in [-0.25, -0.2) is 14.8 Å². The lowest BCUT2D eigenvalue weighted by atomic mass is 10.1. The molecule has 1 saturated heterocycles. The van der Waals surface area contributed by atoms with Gasteiger partial charge in [0.15, 0.2) is 11.5 Å². The number of carbonyl (C=O) groups excluding carboxylic acids is 1. The fourth-order valence-electron chi connectivity index (χ4n) is 3.92. The SMILES string of the molecule is CCn1c(=O)c(N2CCC(NC(=O)Nc3cccc(C(F)(F)F)c3)CC2)nc2cccnc21. The van der Waals surface area contributed by atoms with E-state index in [-0.39, 0.29) is 17.3 Å². The minimum absolute atomic E-state index is 0.0638. The van der Waals surface area contributed by atoms with Gasteiger partial charge in [0.2, 0.25) is 0 Å². The number of aryl methyl sites for hydroxylation is 1. The van der Waals surface area contributed by atoms with Crippen molar-refractivity contribution in [1.29, 1.82) is 0 Å². The number of urea groups is 1. The van der Waals surface area contributed by atoms with E-state index in [0.717, 1.165) is 12.1 Å². The highest BCUT2D eigenvalue weighted by Crippen LogP contribution is 2.30. The molecule has 2 amide bonds. The number of alkyl halides is 3. The first-order valence-corrected chi connectivity index (χ1v) is 10.6. The van der Waals surface area contributed by atoms with Crippen molar-refractivity contribution in [1.82, 2.24) is 19.9 Å². The van der Waals surface area contributed by atoms with Crippen molar-refractivity contribution >= 4 is 28.7 Å². The number of fused-ring (bicyclic) bond motifs is 1.